The van der Waals surface area contributed by atoms with Crippen LogP contribution in [0.15, 0.2) is 29.6 Å². The number of rotatable bonds is 7. The second-order valence-electron chi connectivity index (χ2n) is 6.02. The maximum Gasteiger partial charge on any atom is 0.0352 e. The van der Waals surface area contributed by atoms with Gasteiger partial charge < -0.3 is 0 Å². The Morgan fingerprint density at radius 2 is 1.86 bits per heavy atom. The summed E-state index contributed by atoms with van der Waals surface area (Å²) in [7, 11) is 0. The fraction of sp³-hybridized carbons (Fsp3) is 0.474. The maximum atomic E-state index is 2.42. The summed E-state index contributed by atoms with van der Waals surface area (Å²) in [6, 6.07) is 9.38. The average molecular weight is 317 g/mol. The zero-order valence-electron chi connectivity index (χ0n) is 13.0. The molecule has 0 bridgehead atoms. The number of unbranched alkanes of at least 4 members (excludes halogenated alkanes) is 1. The van der Waals surface area contributed by atoms with Gasteiger partial charge in [-0.25, -0.2) is 0 Å². The van der Waals surface area contributed by atoms with Crippen LogP contribution in [0.1, 0.15) is 50.8 Å². The summed E-state index contributed by atoms with van der Waals surface area (Å²) in [6.07, 6.45) is 8.08. The first-order chi connectivity index (χ1) is 10.3. The van der Waals surface area contributed by atoms with Gasteiger partial charge in [0.25, 0.3) is 0 Å². The van der Waals surface area contributed by atoms with Gasteiger partial charge in [-0.2, -0.15) is 0 Å². The number of thiophene rings is 2. The van der Waals surface area contributed by atoms with Crippen molar-refractivity contribution in [2.75, 3.05) is 0 Å². The van der Waals surface area contributed by atoms with Crippen molar-refractivity contribution < 1.29 is 0 Å². The number of benzene rings is 1. The molecular weight excluding hydrogens is 292 g/mol. The van der Waals surface area contributed by atoms with E-state index < -0.39 is 0 Å². The topological polar surface area (TPSA) is 0 Å². The summed E-state index contributed by atoms with van der Waals surface area (Å²) in [4.78, 5) is 1.57. The van der Waals surface area contributed by atoms with Gasteiger partial charge >= 0.3 is 0 Å². The van der Waals surface area contributed by atoms with E-state index in [-0.39, 0.29) is 0 Å². The van der Waals surface area contributed by atoms with Gasteiger partial charge in [0.1, 0.15) is 0 Å². The van der Waals surface area contributed by atoms with Crippen LogP contribution < -0.4 is 0 Å². The molecule has 21 heavy (non-hydrogen) atoms. The minimum atomic E-state index is 0.915. The van der Waals surface area contributed by atoms with Crippen molar-refractivity contribution in [3.05, 3.63) is 34.5 Å². The summed E-state index contributed by atoms with van der Waals surface area (Å²) in [5.74, 6) is 0.915. The van der Waals surface area contributed by atoms with Crippen LogP contribution in [0.3, 0.4) is 0 Å². The average Bonchev–Trinajstić information content (AvgIpc) is 3.10. The Hall–Kier alpha value is -0.860. The van der Waals surface area contributed by atoms with E-state index in [1.807, 2.05) is 22.7 Å². The molecule has 2 heteroatoms. The Balaban J connectivity index is 1.71. The van der Waals surface area contributed by atoms with Crippen LogP contribution in [0.2, 0.25) is 0 Å². The van der Waals surface area contributed by atoms with Gasteiger partial charge in [-0.3, -0.25) is 0 Å². The standard InChI is InChI=1S/C19H24S2/c1-3-5-6-14(4-2)7-8-17-11-16-13-18-15(9-10-20-18)12-19(16)21-17/h9-14H,3-8H2,1-2H3. The van der Waals surface area contributed by atoms with Gasteiger partial charge in [0, 0.05) is 14.3 Å². The van der Waals surface area contributed by atoms with Crippen molar-refractivity contribution in [3.63, 3.8) is 0 Å². The molecule has 3 rings (SSSR count). The minimum absolute atomic E-state index is 0.915. The molecule has 1 aromatic carbocycles. The normalized spacial score (nSPS) is 13.2. The quantitative estimate of drug-likeness (QED) is 0.430. The van der Waals surface area contributed by atoms with Crippen molar-refractivity contribution in [2.45, 2.75) is 52.4 Å². The van der Waals surface area contributed by atoms with E-state index in [1.54, 1.807) is 4.88 Å². The lowest BCUT2D eigenvalue weighted by atomic mass is 9.94. The second-order valence-corrected chi connectivity index (χ2v) is 8.13. The zero-order chi connectivity index (χ0) is 14.7. The summed E-state index contributed by atoms with van der Waals surface area (Å²) >= 11 is 3.84. The molecule has 2 aromatic heterocycles. The van der Waals surface area contributed by atoms with Gasteiger partial charge in [0.05, 0.1) is 0 Å². The predicted molar refractivity (Wildman–Crippen MR) is 98.8 cm³/mol. The lowest BCUT2D eigenvalue weighted by molar-refractivity contribution is 0.423. The number of hydrogen-bond donors (Lipinski definition) is 0. The molecule has 0 aliphatic rings. The first-order valence-electron chi connectivity index (χ1n) is 8.19. The number of hydrogen-bond acceptors (Lipinski definition) is 2. The Labute approximate surface area is 135 Å². The van der Waals surface area contributed by atoms with E-state index >= 15 is 0 Å². The largest absolute Gasteiger partial charge is 0.144 e. The summed E-state index contributed by atoms with van der Waals surface area (Å²) in [5, 5.41) is 5.02. The lowest BCUT2D eigenvalue weighted by Crippen LogP contribution is -2.00. The molecule has 0 N–H and O–H groups in total. The van der Waals surface area contributed by atoms with Crippen molar-refractivity contribution in [1.29, 1.82) is 0 Å². The minimum Gasteiger partial charge on any atom is -0.144 e. The molecule has 3 aromatic rings. The molecule has 0 spiro atoms. The lowest BCUT2D eigenvalue weighted by Gasteiger charge is -2.13. The Kier molecular flexibility index (Phi) is 4.97. The number of fused-ring (bicyclic) bond motifs is 2. The fourth-order valence-electron chi connectivity index (χ4n) is 3.06. The third-order valence-electron chi connectivity index (χ3n) is 4.48. The summed E-state index contributed by atoms with van der Waals surface area (Å²) < 4.78 is 2.87. The number of aryl methyl sites for hydroxylation is 1. The second kappa shape index (κ2) is 6.93. The van der Waals surface area contributed by atoms with E-state index in [4.69, 9.17) is 0 Å². The first kappa shape index (κ1) is 15.1. The van der Waals surface area contributed by atoms with Gasteiger partial charge in [-0.15, -0.1) is 22.7 Å². The fourth-order valence-corrected chi connectivity index (χ4v) is 4.99. The highest BCUT2D eigenvalue weighted by Gasteiger charge is 2.09. The molecule has 0 saturated heterocycles. The molecule has 0 fully saturated rings. The molecule has 0 nitrogen and oxygen atoms in total. The maximum absolute atomic E-state index is 2.42. The SMILES string of the molecule is CCCCC(CC)CCc1cc2cc3sccc3cc2s1. The third-order valence-corrected chi connectivity index (χ3v) is 6.52. The molecule has 0 amide bonds. The van der Waals surface area contributed by atoms with E-state index in [2.05, 4.69) is 43.5 Å². The van der Waals surface area contributed by atoms with Gasteiger partial charge in [0.2, 0.25) is 0 Å². The molecule has 112 valence electrons. The van der Waals surface area contributed by atoms with E-state index in [0.29, 0.717) is 0 Å². The Bertz CT molecular complexity index is 657. The highest BCUT2D eigenvalue weighted by Crippen LogP contribution is 2.33. The molecular formula is C19H24S2. The Morgan fingerprint density at radius 1 is 1.00 bits per heavy atom. The van der Waals surface area contributed by atoms with Gasteiger partial charge in [-0.1, -0.05) is 39.5 Å². The predicted octanol–water partition coefficient (Wildman–Crippen LogP) is 7.27. The van der Waals surface area contributed by atoms with Crippen molar-refractivity contribution >= 4 is 42.8 Å². The van der Waals surface area contributed by atoms with Crippen LogP contribution in [0.25, 0.3) is 20.2 Å². The van der Waals surface area contributed by atoms with Gasteiger partial charge in [0.15, 0.2) is 0 Å². The van der Waals surface area contributed by atoms with E-state index in [0.717, 1.165) is 5.92 Å². The van der Waals surface area contributed by atoms with Crippen LogP contribution >= 0.6 is 22.7 Å². The van der Waals surface area contributed by atoms with Crippen LogP contribution in [0.5, 0.6) is 0 Å². The molecule has 0 aliphatic carbocycles. The molecule has 1 atom stereocenters. The van der Waals surface area contributed by atoms with Crippen molar-refractivity contribution in [1.82, 2.24) is 0 Å². The highest BCUT2D eigenvalue weighted by molar-refractivity contribution is 7.20. The summed E-state index contributed by atoms with van der Waals surface area (Å²) in [6.45, 7) is 4.64. The smallest absolute Gasteiger partial charge is 0.0352 e. The molecule has 1 unspecified atom stereocenters. The molecule has 2 heterocycles. The third kappa shape index (κ3) is 3.49. The van der Waals surface area contributed by atoms with E-state index in [1.165, 1.54) is 58.7 Å². The van der Waals surface area contributed by atoms with Crippen LogP contribution in [0, 0.1) is 5.92 Å². The monoisotopic (exact) mass is 316 g/mol. The Morgan fingerprint density at radius 3 is 2.67 bits per heavy atom. The molecule has 0 saturated carbocycles. The molecule has 0 radical (unpaired) electrons. The van der Waals surface area contributed by atoms with Crippen LogP contribution in [-0.2, 0) is 6.42 Å². The van der Waals surface area contributed by atoms with E-state index in [9.17, 15) is 0 Å². The van der Waals surface area contributed by atoms with Crippen molar-refractivity contribution in [3.8, 4) is 0 Å². The highest BCUT2D eigenvalue weighted by atomic mass is 32.1. The van der Waals surface area contributed by atoms with Crippen LogP contribution in [-0.4, -0.2) is 0 Å². The summed E-state index contributed by atoms with van der Waals surface area (Å²) in [5.41, 5.74) is 0. The first-order valence-corrected chi connectivity index (χ1v) is 9.89. The molecule has 0 aliphatic heterocycles. The van der Waals surface area contributed by atoms with Gasteiger partial charge in [-0.05, 0) is 59.2 Å². The van der Waals surface area contributed by atoms with Crippen molar-refractivity contribution in [2.24, 2.45) is 5.92 Å². The van der Waals surface area contributed by atoms with Crippen LogP contribution in [0.4, 0.5) is 0 Å². The zero-order valence-corrected chi connectivity index (χ0v) is 14.7.